The van der Waals surface area contributed by atoms with Crippen LogP contribution in [0.5, 0.6) is 5.75 Å². The van der Waals surface area contributed by atoms with Gasteiger partial charge in [0.1, 0.15) is 17.4 Å². The lowest BCUT2D eigenvalue weighted by molar-refractivity contribution is 0.149. The van der Waals surface area contributed by atoms with Gasteiger partial charge in [0.05, 0.1) is 10.3 Å². The van der Waals surface area contributed by atoms with Crippen LogP contribution in [0.3, 0.4) is 0 Å². The summed E-state index contributed by atoms with van der Waals surface area (Å²) in [5, 5.41) is 0.459. The van der Waals surface area contributed by atoms with Crippen molar-refractivity contribution in [3.8, 4) is 5.75 Å². The predicted octanol–water partition coefficient (Wildman–Crippen LogP) is 3.81. The highest BCUT2D eigenvalue weighted by atomic mass is 35.5. The molecule has 0 bridgehead atoms. The molecule has 1 unspecified atom stereocenters. The van der Waals surface area contributed by atoms with Gasteiger partial charge in [0.25, 0.3) is 0 Å². The zero-order chi connectivity index (χ0) is 21.1. The summed E-state index contributed by atoms with van der Waals surface area (Å²) in [6.07, 6.45) is 4.91. The number of amides is 1. The molecule has 0 saturated carbocycles. The molecule has 1 aliphatic rings. The third-order valence-corrected chi connectivity index (χ3v) is 5.83. The normalized spacial score (nSPS) is 15.2. The summed E-state index contributed by atoms with van der Waals surface area (Å²) in [7, 11) is 1.93. The van der Waals surface area contributed by atoms with Crippen molar-refractivity contribution in [2.75, 3.05) is 31.1 Å². The van der Waals surface area contributed by atoms with Crippen LogP contribution in [0, 0.1) is 0 Å². The Hall–Kier alpha value is -2.71. The van der Waals surface area contributed by atoms with E-state index in [-0.39, 0.29) is 11.3 Å². The van der Waals surface area contributed by atoms with Crippen molar-refractivity contribution in [2.24, 2.45) is 7.05 Å². The van der Waals surface area contributed by atoms with Gasteiger partial charge in [-0.15, -0.1) is 0 Å². The fraction of sp³-hybridized carbons (Fsp3) is 0.286. The molecule has 1 fully saturated rings. The van der Waals surface area contributed by atoms with E-state index in [0.717, 1.165) is 17.2 Å². The van der Waals surface area contributed by atoms with Gasteiger partial charge in [-0.25, -0.2) is 14.8 Å². The van der Waals surface area contributed by atoms with E-state index >= 15 is 0 Å². The molecule has 4 rings (SSSR count). The number of carbonyl (C=O) groups excluding carboxylic acids is 1. The van der Waals surface area contributed by atoms with Crippen LogP contribution in [0.25, 0.3) is 0 Å². The number of thiol groups is 1. The summed E-state index contributed by atoms with van der Waals surface area (Å²) in [6.45, 7) is 2.51. The van der Waals surface area contributed by atoms with Gasteiger partial charge in [0.2, 0.25) is 0 Å². The van der Waals surface area contributed by atoms with Crippen molar-refractivity contribution < 1.29 is 9.53 Å². The summed E-state index contributed by atoms with van der Waals surface area (Å²) >= 11 is 10.6. The minimum Gasteiger partial charge on any atom is -0.410 e. The maximum Gasteiger partial charge on any atom is 0.415 e. The molecule has 30 heavy (non-hydrogen) atoms. The lowest BCUT2D eigenvalue weighted by atomic mass is 10.1. The van der Waals surface area contributed by atoms with Gasteiger partial charge in [-0.3, -0.25) is 0 Å². The second-order valence-corrected chi connectivity index (χ2v) is 8.00. The van der Waals surface area contributed by atoms with Crippen LogP contribution in [0.4, 0.5) is 10.6 Å². The summed E-state index contributed by atoms with van der Waals surface area (Å²) < 4.78 is 7.48. The SMILES string of the molecule is Cn1ccnc1C(S)c1ccc(OC(=O)N2CCN(c3ccc(Cl)cn3)CC2)cc1. The average Bonchev–Trinajstić information content (AvgIpc) is 3.20. The minimum absolute atomic E-state index is 0.149. The van der Waals surface area contributed by atoms with Crippen molar-refractivity contribution in [3.63, 3.8) is 0 Å². The highest BCUT2D eigenvalue weighted by Crippen LogP contribution is 2.28. The molecule has 1 aliphatic heterocycles. The fourth-order valence-electron chi connectivity index (χ4n) is 3.35. The van der Waals surface area contributed by atoms with Crippen LogP contribution in [-0.4, -0.2) is 51.7 Å². The maximum atomic E-state index is 12.5. The van der Waals surface area contributed by atoms with Gasteiger partial charge in [-0.05, 0) is 29.8 Å². The quantitative estimate of drug-likeness (QED) is 0.621. The zero-order valence-electron chi connectivity index (χ0n) is 16.5. The number of anilines is 1. The average molecular weight is 444 g/mol. The number of hydrogen-bond donors (Lipinski definition) is 1. The number of imidazole rings is 1. The molecule has 0 radical (unpaired) electrons. The second kappa shape index (κ2) is 8.97. The molecule has 1 atom stereocenters. The molecule has 3 heterocycles. The fourth-order valence-corrected chi connectivity index (χ4v) is 3.88. The molecule has 156 valence electrons. The van der Waals surface area contributed by atoms with E-state index in [9.17, 15) is 4.79 Å². The number of rotatable bonds is 4. The Kier molecular flexibility index (Phi) is 6.15. The lowest BCUT2D eigenvalue weighted by Crippen LogP contribution is -2.49. The molecule has 7 nitrogen and oxygen atoms in total. The van der Waals surface area contributed by atoms with Crippen molar-refractivity contribution >= 4 is 36.1 Å². The Balaban J connectivity index is 1.32. The van der Waals surface area contributed by atoms with Gasteiger partial charge in [-0.2, -0.15) is 12.6 Å². The molecule has 0 aliphatic carbocycles. The van der Waals surface area contributed by atoms with E-state index in [0.29, 0.717) is 37.0 Å². The highest BCUT2D eigenvalue weighted by molar-refractivity contribution is 7.80. The lowest BCUT2D eigenvalue weighted by Gasteiger charge is -2.34. The van der Waals surface area contributed by atoms with Crippen molar-refractivity contribution in [1.29, 1.82) is 0 Å². The molecule has 1 amide bonds. The second-order valence-electron chi connectivity index (χ2n) is 7.04. The van der Waals surface area contributed by atoms with Gasteiger partial charge >= 0.3 is 6.09 Å². The van der Waals surface area contributed by atoms with Crippen molar-refractivity contribution in [3.05, 3.63) is 71.4 Å². The number of aromatic nitrogens is 3. The topological polar surface area (TPSA) is 63.5 Å². The summed E-state index contributed by atoms with van der Waals surface area (Å²) in [6, 6.07) is 11.1. The molecular formula is C21H22ClN5O2S. The van der Waals surface area contributed by atoms with Crippen LogP contribution < -0.4 is 9.64 Å². The van der Waals surface area contributed by atoms with Gasteiger partial charge in [-0.1, -0.05) is 23.7 Å². The molecular weight excluding hydrogens is 422 g/mol. The molecule has 0 N–H and O–H groups in total. The Morgan fingerprint density at radius 1 is 1.10 bits per heavy atom. The van der Waals surface area contributed by atoms with Crippen molar-refractivity contribution in [2.45, 2.75) is 5.25 Å². The summed E-state index contributed by atoms with van der Waals surface area (Å²) in [4.78, 5) is 25.0. The third kappa shape index (κ3) is 4.55. The Bertz CT molecular complexity index is 1000. The first-order chi connectivity index (χ1) is 14.5. The van der Waals surface area contributed by atoms with E-state index in [4.69, 9.17) is 16.3 Å². The van der Waals surface area contributed by atoms with Crippen LogP contribution in [-0.2, 0) is 7.05 Å². The number of nitrogens with zero attached hydrogens (tertiary/aromatic N) is 5. The molecule has 9 heteroatoms. The van der Waals surface area contributed by atoms with Crippen LogP contribution in [0.15, 0.2) is 55.0 Å². The Labute approximate surface area is 185 Å². The van der Waals surface area contributed by atoms with Crippen molar-refractivity contribution in [1.82, 2.24) is 19.4 Å². The molecule has 2 aromatic heterocycles. The predicted molar refractivity (Wildman–Crippen MR) is 120 cm³/mol. The molecule has 0 spiro atoms. The molecule has 1 saturated heterocycles. The van der Waals surface area contributed by atoms with Crippen LogP contribution >= 0.6 is 24.2 Å². The van der Waals surface area contributed by atoms with E-state index in [2.05, 4.69) is 27.5 Å². The largest absolute Gasteiger partial charge is 0.415 e. The number of hydrogen-bond acceptors (Lipinski definition) is 6. The third-order valence-electron chi connectivity index (χ3n) is 5.08. The molecule has 1 aromatic carbocycles. The zero-order valence-corrected chi connectivity index (χ0v) is 18.1. The van der Waals surface area contributed by atoms with E-state index in [1.807, 2.05) is 42.1 Å². The number of aryl methyl sites for hydroxylation is 1. The van der Waals surface area contributed by atoms with E-state index < -0.39 is 0 Å². The first kappa shape index (κ1) is 20.6. The standard InChI is InChI=1S/C21H22ClN5O2S/c1-25-9-8-23-20(25)19(30)15-2-5-17(6-3-15)29-21(28)27-12-10-26(11-13-27)18-7-4-16(22)14-24-18/h2-9,14,19,30H,10-13H2,1H3. The number of carbonyl (C=O) groups is 1. The number of pyridine rings is 1. The smallest absolute Gasteiger partial charge is 0.410 e. The van der Waals surface area contributed by atoms with Gasteiger partial charge in [0.15, 0.2) is 0 Å². The number of benzene rings is 1. The molecule has 3 aromatic rings. The van der Waals surface area contributed by atoms with Gasteiger partial charge in [0, 0.05) is 51.8 Å². The van der Waals surface area contributed by atoms with Crippen LogP contribution in [0.1, 0.15) is 16.6 Å². The highest BCUT2D eigenvalue weighted by Gasteiger charge is 2.23. The number of halogens is 1. The van der Waals surface area contributed by atoms with E-state index in [1.165, 1.54) is 0 Å². The Morgan fingerprint density at radius 2 is 1.83 bits per heavy atom. The maximum absolute atomic E-state index is 12.5. The summed E-state index contributed by atoms with van der Waals surface area (Å²) in [5.74, 6) is 2.22. The van der Waals surface area contributed by atoms with Gasteiger partial charge < -0.3 is 19.1 Å². The summed E-state index contributed by atoms with van der Waals surface area (Å²) in [5.41, 5.74) is 0.983. The first-order valence-electron chi connectivity index (χ1n) is 9.60. The van der Waals surface area contributed by atoms with Crippen LogP contribution in [0.2, 0.25) is 5.02 Å². The number of ether oxygens (including phenoxy) is 1. The number of piperazine rings is 1. The monoisotopic (exact) mass is 443 g/mol. The van der Waals surface area contributed by atoms with E-state index in [1.54, 1.807) is 29.4 Å². The minimum atomic E-state index is -0.349. The Morgan fingerprint density at radius 3 is 2.43 bits per heavy atom. The first-order valence-corrected chi connectivity index (χ1v) is 10.5.